The van der Waals surface area contributed by atoms with E-state index < -0.39 is 24.0 Å². The molecule has 0 spiro atoms. The SMILES string of the molecule is CC(C)C[C@@H]1NC(=O)[C@@H](C(C)C)NC(=O)[C@@H](Cc2ccc(F)cc2)NCCOc2ccccc2CCCNC1=O. The molecule has 0 radical (unpaired) electrons. The molecule has 3 atom stereocenters. The van der Waals surface area contributed by atoms with Gasteiger partial charge in [-0.15, -0.1) is 0 Å². The first kappa shape index (κ1) is 31.1. The number of aryl methyl sites for hydroxylation is 1. The second-order valence-electron chi connectivity index (χ2n) is 11.1. The van der Waals surface area contributed by atoms with E-state index in [2.05, 4.69) is 21.3 Å². The summed E-state index contributed by atoms with van der Waals surface area (Å²) in [5, 5.41) is 12.0. The number of amides is 3. The highest BCUT2D eigenvalue weighted by atomic mass is 19.1. The largest absolute Gasteiger partial charge is 0.492 e. The van der Waals surface area contributed by atoms with Crippen molar-refractivity contribution >= 4 is 17.7 Å². The van der Waals surface area contributed by atoms with E-state index in [1.54, 1.807) is 12.1 Å². The van der Waals surface area contributed by atoms with Gasteiger partial charge < -0.3 is 26.0 Å². The van der Waals surface area contributed by atoms with Gasteiger partial charge in [0.05, 0.1) is 6.04 Å². The van der Waals surface area contributed by atoms with Gasteiger partial charge in [0.1, 0.15) is 30.3 Å². The normalized spacial score (nSPS) is 21.9. The zero-order valence-electron chi connectivity index (χ0n) is 24.0. The van der Waals surface area contributed by atoms with Gasteiger partial charge in [-0.05, 0) is 66.8 Å². The standard InChI is InChI=1S/C31H43FN4O4/c1-20(2)18-26-29(37)34-15-7-9-23-8-5-6-10-27(23)40-17-16-33-25(19-22-11-13-24(32)14-12-22)30(38)36-28(21(3)4)31(39)35-26/h5-6,8,10-14,20-21,25-26,28,33H,7,9,15-19H2,1-4H3,(H,34,37)(H,35,39)(H,36,38)/t25-,26+,28-/m1/s1. The minimum atomic E-state index is -0.838. The van der Waals surface area contributed by atoms with Gasteiger partial charge in [0.15, 0.2) is 0 Å². The van der Waals surface area contributed by atoms with E-state index in [0.29, 0.717) is 32.5 Å². The molecule has 3 amide bonds. The lowest BCUT2D eigenvalue weighted by Crippen LogP contribution is -2.58. The predicted octanol–water partition coefficient (Wildman–Crippen LogP) is 3.14. The molecule has 8 nitrogen and oxygen atoms in total. The van der Waals surface area contributed by atoms with Crippen molar-refractivity contribution in [3.63, 3.8) is 0 Å². The van der Waals surface area contributed by atoms with Crippen molar-refractivity contribution < 1.29 is 23.5 Å². The van der Waals surface area contributed by atoms with Crippen LogP contribution in [0, 0.1) is 17.7 Å². The van der Waals surface area contributed by atoms with Gasteiger partial charge in [-0.3, -0.25) is 14.4 Å². The number of nitrogens with one attached hydrogen (secondary N) is 4. The summed E-state index contributed by atoms with van der Waals surface area (Å²) in [6.07, 6.45) is 2.21. The average molecular weight is 555 g/mol. The number of carbonyl (C=O) groups is 3. The van der Waals surface area contributed by atoms with Gasteiger partial charge in [-0.25, -0.2) is 4.39 Å². The summed E-state index contributed by atoms with van der Waals surface area (Å²) in [4.78, 5) is 40.0. The van der Waals surface area contributed by atoms with Crippen LogP contribution in [-0.2, 0) is 27.2 Å². The molecule has 0 aliphatic carbocycles. The third-order valence-corrected chi connectivity index (χ3v) is 6.90. The summed E-state index contributed by atoms with van der Waals surface area (Å²) in [5.74, 6) is -0.626. The lowest BCUT2D eigenvalue weighted by atomic mass is 9.99. The van der Waals surface area contributed by atoms with Crippen LogP contribution >= 0.6 is 0 Å². The first-order valence-corrected chi connectivity index (χ1v) is 14.2. The highest BCUT2D eigenvalue weighted by Crippen LogP contribution is 2.19. The number of rotatable bonds is 5. The number of para-hydroxylation sites is 1. The lowest BCUT2D eigenvalue weighted by molar-refractivity contribution is -0.133. The van der Waals surface area contributed by atoms with Crippen LogP contribution in [0.25, 0.3) is 0 Å². The minimum absolute atomic E-state index is 0.175. The average Bonchev–Trinajstić information content (AvgIpc) is 2.91. The van der Waals surface area contributed by atoms with Gasteiger partial charge in [0.25, 0.3) is 0 Å². The van der Waals surface area contributed by atoms with Crippen molar-refractivity contribution in [2.45, 2.75) is 71.5 Å². The zero-order valence-corrected chi connectivity index (χ0v) is 24.0. The molecule has 0 bridgehead atoms. The predicted molar refractivity (Wildman–Crippen MR) is 153 cm³/mol. The van der Waals surface area contributed by atoms with Gasteiger partial charge in [0, 0.05) is 13.1 Å². The van der Waals surface area contributed by atoms with Crippen LogP contribution in [0.15, 0.2) is 48.5 Å². The van der Waals surface area contributed by atoms with Crippen molar-refractivity contribution in [2.75, 3.05) is 19.7 Å². The molecule has 0 saturated carbocycles. The monoisotopic (exact) mass is 554 g/mol. The van der Waals surface area contributed by atoms with E-state index in [1.807, 2.05) is 52.0 Å². The number of carbonyl (C=O) groups excluding carboxylic acids is 3. The van der Waals surface area contributed by atoms with Crippen LogP contribution in [0.2, 0.25) is 0 Å². The molecule has 1 aliphatic heterocycles. The van der Waals surface area contributed by atoms with Crippen LogP contribution in [0.5, 0.6) is 5.75 Å². The molecule has 40 heavy (non-hydrogen) atoms. The van der Waals surface area contributed by atoms with Crippen molar-refractivity contribution in [1.29, 1.82) is 0 Å². The quantitative estimate of drug-likeness (QED) is 0.454. The highest BCUT2D eigenvalue weighted by Gasteiger charge is 2.31. The Hall–Kier alpha value is -3.46. The molecular formula is C31H43FN4O4. The smallest absolute Gasteiger partial charge is 0.243 e. The van der Waals surface area contributed by atoms with Crippen molar-refractivity contribution in [3.8, 4) is 5.75 Å². The second kappa shape index (κ2) is 15.4. The van der Waals surface area contributed by atoms with Gasteiger partial charge in [-0.1, -0.05) is 58.0 Å². The fourth-order valence-electron chi connectivity index (χ4n) is 4.73. The maximum atomic E-state index is 13.5. The van der Waals surface area contributed by atoms with E-state index in [0.717, 1.165) is 29.7 Å². The number of hydrogen-bond donors (Lipinski definition) is 4. The Labute approximate surface area is 236 Å². The molecule has 2 aromatic rings. The summed E-state index contributed by atoms with van der Waals surface area (Å²) in [5.41, 5.74) is 1.81. The van der Waals surface area contributed by atoms with Gasteiger partial charge in [-0.2, -0.15) is 0 Å². The minimum Gasteiger partial charge on any atom is -0.492 e. The highest BCUT2D eigenvalue weighted by molar-refractivity contribution is 5.93. The van der Waals surface area contributed by atoms with Crippen molar-refractivity contribution in [1.82, 2.24) is 21.3 Å². The van der Waals surface area contributed by atoms with Crippen molar-refractivity contribution in [2.24, 2.45) is 11.8 Å². The summed E-state index contributed by atoms with van der Waals surface area (Å²) in [6.45, 7) is 8.87. The fourth-order valence-corrected chi connectivity index (χ4v) is 4.73. The summed E-state index contributed by atoms with van der Waals surface area (Å²) in [6, 6.07) is 11.5. The molecule has 218 valence electrons. The molecule has 0 unspecified atom stereocenters. The number of benzene rings is 2. The molecule has 4 N–H and O–H groups in total. The molecule has 1 aliphatic rings. The summed E-state index contributed by atoms with van der Waals surface area (Å²) in [7, 11) is 0. The first-order chi connectivity index (χ1) is 19.1. The molecule has 0 aromatic heterocycles. The van der Waals surface area contributed by atoms with E-state index in [-0.39, 0.29) is 29.5 Å². The number of hydrogen-bond acceptors (Lipinski definition) is 5. The Bertz CT molecular complexity index is 1120. The van der Waals surface area contributed by atoms with Crippen LogP contribution in [0.1, 0.15) is 51.7 Å². The maximum Gasteiger partial charge on any atom is 0.243 e. The number of halogens is 1. The Balaban J connectivity index is 1.86. The summed E-state index contributed by atoms with van der Waals surface area (Å²) >= 11 is 0. The molecule has 2 aromatic carbocycles. The Morgan fingerprint density at radius 3 is 2.30 bits per heavy atom. The van der Waals surface area contributed by atoms with Gasteiger partial charge >= 0.3 is 0 Å². The van der Waals surface area contributed by atoms with Crippen LogP contribution in [0.3, 0.4) is 0 Å². The molecular weight excluding hydrogens is 511 g/mol. The van der Waals surface area contributed by atoms with Crippen LogP contribution in [-0.4, -0.2) is 55.5 Å². The van der Waals surface area contributed by atoms with Gasteiger partial charge in [0.2, 0.25) is 17.7 Å². The first-order valence-electron chi connectivity index (χ1n) is 14.2. The Morgan fingerprint density at radius 1 is 0.875 bits per heavy atom. The molecule has 0 fully saturated rings. The van der Waals surface area contributed by atoms with Crippen molar-refractivity contribution in [3.05, 3.63) is 65.5 Å². The molecule has 3 rings (SSSR count). The molecule has 9 heteroatoms. The molecule has 1 heterocycles. The van der Waals surface area contributed by atoms with E-state index >= 15 is 0 Å². The Kier molecular flexibility index (Phi) is 11.9. The number of fused-ring (bicyclic) bond motifs is 1. The van der Waals surface area contributed by atoms with E-state index in [1.165, 1.54) is 12.1 Å². The zero-order chi connectivity index (χ0) is 29.1. The number of ether oxygens (including phenoxy) is 1. The second-order valence-corrected chi connectivity index (χ2v) is 11.1. The summed E-state index contributed by atoms with van der Waals surface area (Å²) < 4.78 is 19.5. The third-order valence-electron chi connectivity index (χ3n) is 6.90. The topological polar surface area (TPSA) is 109 Å². The lowest BCUT2D eigenvalue weighted by Gasteiger charge is -2.28. The Morgan fingerprint density at radius 2 is 1.60 bits per heavy atom. The molecule has 0 saturated heterocycles. The third kappa shape index (κ3) is 9.62. The van der Waals surface area contributed by atoms with Crippen LogP contribution in [0.4, 0.5) is 4.39 Å². The van der Waals surface area contributed by atoms with Crippen LogP contribution < -0.4 is 26.0 Å². The fraction of sp³-hybridized carbons (Fsp3) is 0.516. The maximum absolute atomic E-state index is 13.5. The van der Waals surface area contributed by atoms with E-state index in [4.69, 9.17) is 4.74 Å². The van der Waals surface area contributed by atoms with E-state index in [9.17, 15) is 18.8 Å².